The quantitative estimate of drug-likeness (QED) is 0.613. The van der Waals surface area contributed by atoms with E-state index >= 15 is 0 Å². The van der Waals surface area contributed by atoms with E-state index in [0.29, 0.717) is 23.9 Å². The maximum atomic E-state index is 12.1. The van der Waals surface area contributed by atoms with Gasteiger partial charge in [-0.05, 0) is 55.0 Å². The predicted molar refractivity (Wildman–Crippen MR) is 113 cm³/mol. The van der Waals surface area contributed by atoms with E-state index in [4.69, 9.17) is 16.3 Å². The maximum Gasteiger partial charge on any atom is 0.266 e. The van der Waals surface area contributed by atoms with Crippen LogP contribution in [0.2, 0.25) is 5.02 Å². The van der Waals surface area contributed by atoms with Gasteiger partial charge in [0, 0.05) is 29.6 Å². The molecule has 0 aliphatic heterocycles. The van der Waals surface area contributed by atoms with Gasteiger partial charge in [0.05, 0.1) is 18.8 Å². The van der Waals surface area contributed by atoms with Crippen LogP contribution in [0.1, 0.15) is 18.9 Å². The highest BCUT2D eigenvalue weighted by atomic mass is 35.5. The van der Waals surface area contributed by atoms with E-state index in [0.717, 1.165) is 16.9 Å². The Bertz CT molecular complexity index is 1010. The Hall–Kier alpha value is -3.12. The van der Waals surface area contributed by atoms with Gasteiger partial charge in [0.1, 0.15) is 5.75 Å². The largest absolute Gasteiger partial charge is 0.494 e. The second-order valence-electron chi connectivity index (χ2n) is 6.39. The SMILES string of the molecule is CCOc1ccc(-c2ccc(=O)n(CCC(=O)NCc3ccc(Cl)cc3)n2)cc1. The van der Waals surface area contributed by atoms with Crippen molar-refractivity contribution in [3.05, 3.63) is 81.6 Å². The van der Waals surface area contributed by atoms with Crippen LogP contribution >= 0.6 is 11.6 Å². The Kier molecular flexibility index (Phi) is 7.03. The van der Waals surface area contributed by atoms with Crippen LogP contribution < -0.4 is 15.6 Å². The van der Waals surface area contributed by atoms with E-state index in [-0.39, 0.29) is 24.4 Å². The molecule has 0 bridgehead atoms. The minimum atomic E-state index is -0.245. The normalized spacial score (nSPS) is 10.6. The molecule has 1 N–H and O–H groups in total. The van der Waals surface area contributed by atoms with Crippen LogP contribution in [0.4, 0.5) is 0 Å². The van der Waals surface area contributed by atoms with E-state index in [9.17, 15) is 9.59 Å². The zero-order chi connectivity index (χ0) is 20.6. The molecule has 7 heteroatoms. The average Bonchev–Trinajstić information content (AvgIpc) is 2.73. The molecule has 0 aliphatic rings. The molecule has 0 saturated heterocycles. The molecule has 3 aromatic rings. The Labute approximate surface area is 174 Å². The number of rotatable bonds is 8. The first-order chi connectivity index (χ1) is 14.0. The van der Waals surface area contributed by atoms with E-state index in [1.165, 1.54) is 10.7 Å². The summed E-state index contributed by atoms with van der Waals surface area (Å²) in [6.45, 7) is 3.14. The highest BCUT2D eigenvalue weighted by molar-refractivity contribution is 6.30. The summed E-state index contributed by atoms with van der Waals surface area (Å²) in [5.41, 5.74) is 2.24. The molecule has 1 heterocycles. The molecule has 0 saturated carbocycles. The van der Waals surface area contributed by atoms with Gasteiger partial charge in [-0.25, -0.2) is 4.68 Å². The number of nitrogens with zero attached hydrogens (tertiary/aromatic N) is 2. The Morgan fingerprint density at radius 1 is 1.07 bits per heavy atom. The Morgan fingerprint density at radius 2 is 1.79 bits per heavy atom. The molecule has 29 heavy (non-hydrogen) atoms. The van der Waals surface area contributed by atoms with E-state index in [1.54, 1.807) is 18.2 Å². The number of hydrogen-bond donors (Lipinski definition) is 1. The second kappa shape index (κ2) is 9.89. The lowest BCUT2D eigenvalue weighted by molar-refractivity contribution is -0.121. The lowest BCUT2D eigenvalue weighted by Gasteiger charge is -2.09. The number of carbonyl (C=O) groups excluding carboxylic acids is 1. The summed E-state index contributed by atoms with van der Waals surface area (Å²) >= 11 is 5.85. The van der Waals surface area contributed by atoms with Crippen LogP contribution in [0.3, 0.4) is 0 Å². The summed E-state index contributed by atoms with van der Waals surface area (Å²) in [5, 5.41) is 7.87. The molecule has 0 aliphatic carbocycles. The van der Waals surface area contributed by atoms with Gasteiger partial charge in [-0.15, -0.1) is 0 Å². The van der Waals surface area contributed by atoms with Gasteiger partial charge in [0.15, 0.2) is 0 Å². The van der Waals surface area contributed by atoms with Crippen molar-refractivity contribution in [2.24, 2.45) is 0 Å². The molecule has 0 unspecified atom stereocenters. The summed E-state index contributed by atoms with van der Waals surface area (Å²) in [4.78, 5) is 24.2. The van der Waals surface area contributed by atoms with Gasteiger partial charge >= 0.3 is 0 Å². The number of ether oxygens (including phenoxy) is 1. The molecule has 150 valence electrons. The van der Waals surface area contributed by atoms with Crippen LogP contribution in [0.5, 0.6) is 5.75 Å². The van der Waals surface area contributed by atoms with Crippen molar-refractivity contribution in [2.45, 2.75) is 26.4 Å². The number of carbonyl (C=O) groups is 1. The minimum absolute atomic E-state index is 0.153. The topological polar surface area (TPSA) is 73.2 Å². The number of aryl methyl sites for hydroxylation is 1. The fourth-order valence-electron chi connectivity index (χ4n) is 2.75. The molecular weight excluding hydrogens is 390 g/mol. The first-order valence-electron chi connectivity index (χ1n) is 9.37. The Balaban J connectivity index is 1.60. The highest BCUT2D eigenvalue weighted by Gasteiger charge is 2.07. The Morgan fingerprint density at radius 3 is 2.48 bits per heavy atom. The fraction of sp³-hybridized carbons (Fsp3) is 0.227. The van der Waals surface area contributed by atoms with E-state index < -0.39 is 0 Å². The first-order valence-corrected chi connectivity index (χ1v) is 9.75. The van der Waals surface area contributed by atoms with Crippen LogP contribution in [0.15, 0.2) is 65.5 Å². The number of benzene rings is 2. The van der Waals surface area contributed by atoms with E-state index in [2.05, 4.69) is 10.4 Å². The van der Waals surface area contributed by atoms with Crippen LogP contribution in [-0.2, 0) is 17.9 Å². The molecule has 1 aromatic heterocycles. The summed E-state index contributed by atoms with van der Waals surface area (Å²) in [6, 6.07) is 17.9. The second-order valence-corrected chi connectivity index (χ2v) is 6.83. The average molecular weight is 412 g/mol. The third-order valence-electron chi connectivity index (χ3n) is 4.28. The number of amides is 1. The van der Waals surface area contributed by atoms with Gasteiger partial charge in [-0.3, -0.25) is 9.59 Å². The lowest BCUT2D eigenvalue weighted by Crippen LogP contribution is -2.28. The summed E-state index contributed by atoms with van der Waals surface area (Å²) in [5.74, 6) is 0.627. The molecule has 0 atom stereocenters. The van der Waals surface area contributed by atoms with Gasteiger partial charge < -0.3 is 10.1 Å². The van der Waals surface area contributed by atoms with Gasteiger partial charge in [0.25, 0.3) is 5.56 Å². The number of hydrogen-bond acceptors (Lipinski definition) is 4. The molecule has 0 radical (unpaired) electrons. The van der Waals surface area contributed by atoms with Crippen molar-refractivity contribution in [3.8, 4) is 17.0 Å². The van der Waals surface area contributed by atoms with Crippen molar-refractivity contribution in [2.75, 3.05) is 6.61 Å². The van der Waals surface area contributed by atoms with Crippen molar-refractivity contribution in [1.29, 1.82) is 0 Å². The summed E-state index contributed by atoms with van der Waals surface area (Å²) in [7, 11) is 0. The van der Waals surface area contributed by atoms with Crippen molar-refractivity contribution >= 4 is 17.5 Å². The molecule has 0 spiro atoms. The number of aromatic nitrogens is 2. The van der Waals surface area contributed by atoms with Crippen LogP contribution in [0.25, 0.3) is 11.3 Å². The molecule has 6 nitrogen and oxygen atoms in total. The zero-order valence-corrected chi connectivity index (χ0v) is 16.9. The standard InChI is InChI=1S/C22H22ClN3O3/c1-2-29-19-9-5-17(6-10-19)20-11-12-22(28)26(25-20)14-13-21(27)24-15-16-3-7-18(23)8-4-16/h3-12H,2,13-15H2,1H3,(H,24,27). The third-order valence-corrected chi connectivity index (χ3v) is 4.53. The van der Waals surface area contributed by atoms with Gasteiger partial charge in [-0.2, -0.15) is 5.10 Å². The number of nitrogens with one attached hydrogen (secondary N) is 1. The zero-order valence-electron chi connectivity index (χ0n) is 16.1. The van der Waals surface area contributed by atoms with Crippen LogP contribution in [0, 0.1) is 0 Å². The lowest BCUT2D eigenvalue weighted by atomic mass is 10.1. The van der Waals surface area contributed by atoms with Gasteiger partial charge in [-0.1, -0.05) is 23.7 Å². The van der Waals surface area contributed by atoms with Crippen LogP contribution in [-0.4, -0.2) is 22.3 Å². The molecule has 2 aromatic carbocycles. The van der Waals surface area contributed by atoms with E-state index in [1.807, 2.05) is 43.3 Å². The van der Waals surface area contributed by atoms with Crippen molar-refractivity contribution in [3.63, 3.8) is 0 Å². The van der Waals surface area contributed by atoms with Gasteiger partial charge in [0.2, 0.25) is 5.91 Å². The first kappa shape index (κ1) is 20.6. The fourth-order valence-corrected chi connectivity index (χ4v) is 2.88. The molecular formula is C22H22ClN3O3. The predicted octanol–water partition coefficient (Wildman–Crippen LogP) is 3.67. The maximum absolute atomic E-state index is 12.1. The highest BCUT2D eigenvalue weighted by Crippen LogP contribution is 2.19. The summed E-state index contributed by atoms with van der Waals surface area (Å²) in [6.07, 6.45) is 0.160. The van der Waals surface area contributed by atoms with Crippen molar-refractivity contribution in [1.82, 2.24) is 15.1 Å². The molecule has 1 amide bonds. The summed E-state index contributed by atoms with van der Waals surface area (Å²) < 4.78 is 6.75. The monoisotopic (exact) mass is 411 g/mol. The minimum Gasteiger partial charge on any atom is -0.494 e. The molecule has 3 rings (SSSR count). The number of halogens is 1. The van der Waals surface area contributed by atoms with Crippen molar-refractivity contribution < 1.29 is 9.53 Å². The smallest absolute Gasteiger partial charge is 0.266 e. The third kappa shape index (κ3) is 5.93. The molecule has 0 fully saturated rings.